The van der Waals surface area contributed by atoms with Gasteiger partial charge in [0.25, 0.3) is 11.6 Å². The summed E-state index contributed by atoms with van der Waals surface area (Å²) < 4.78 is 36.2. The number of carbonyl (C=O) groups is 1. The number of non-ortho nitro benzene ring substituents is 1. The molecular weight excluding hydrogens is 522 g/mol. The Morgan fingerprint density at radius 1 is 1.15 bits per heavy atom. The van der Waals surface area contributed by atoms with Crippen molar-refractivity contribution < 1.29 is 22.9 Å². The Hall–Kier alpha value is -3.77. The average Bonchev–Trinajstić information content (AvgIpc) is 3.55. The quantitative estimate of drug-likeness (QED) is 0.295. The lowest BCUT2D eigenvalue weighted by molar-refractivity contribution is -0.385. The Kier molecular flexibility index (Phi) is 8.07. The van der Waals surface area contributed by atoms with Crippen LogP contribution in [-0.4, -0.2) is 52.5 Å². The first kappa shape index (κ1) is 28.2. The van der Waals surface area contributed by atoms with Gasteiger partial charge in [0.15, 0.2) is 5.69 Å². The summed E-state index contributed by atoms with van der Waals surface area (Å²) in [6.45, 7) is 9.98. The van der Waals surface area contributed by atoms with Crippen LogP contribution in [0.4, 0.5) is 5.69 Å². The van der Waals surface area contributed by atoms with E-state index in [4.69, 9.17) is 4.74 Å². The first-order valence-corrected chi connectivity index (χ1v) is 14.3. The molecule has 1 atom stereocenters. The molecule has 208 valence electrons. The van der Waals surface area contributed by atoms with Gasteiger partial charge < -0.3 is 10.1 Å². The maximum atomic E-state index is 13.6. The molecule has 0 aliphatic carbocycles. The Morgan fingerprint density at radius 3 is 2.49 bits per heavy atom. The number of nitro benzene ring substituents is 1. The molecule has 1 saturated heterocycles. The minimum Gasteiger partial charge on any atom is -0.437 e. The number of nitrogens with one attached hydrogen (secondary N) is 1. The molecule has 0 bridgehead atoms. The number of amides is 1. The fourth-order valence-electron chi connectivity index (χ4n) is 4.39. The third kappa shape index (κ3) is 5.66. The molecule has 0 spiro atoms. The van der Waals surface area contributed by atoms with Crippen LogP contribution in [0.5, 0.6) is 11.6 Å². The SMILES string of the molecule is CC[C@@H](C)NC(=O)c1nn(-c2cc(C)ccc2C)c(Oc2ccc([N+](=O)[O-])cc2S(=O)(=O)N2CCCC2)c1C. The van der Waals surface area contributed by atoms with E-state index in [-0.39, 0.29) is 39.9 Å². The van der Waals surface area contributed by atoms with Gasteiger partial charge in [-0.3, -0.25) is 14.9 Å². The number of sulfonamides is 1. The molecule has 1 aliphatic rings. The molecule has 2 heterocycles. The van der Waals surface area contributed by atoms with E-state index < -0.39 is 14.9 Å². The Balaban J connectivity index is 1.90. The van der Waals surface area contributed by atoms with E-state index in [1.807, 2.05) is 45.9 Å². The summed E-state index contributed by atoms with van der Waals surface area (Å²) in [5.74, 6) is -0.329. The zero-order valence-electron chi connectivity index (χ0n) is 22.7. The molecule has 2 aromatic carbocycles. The Morgan fingerprint density at radius 2 is 1.85 bits per heavy atom. The van der Waals surface area contributed by atoms with Gasteiger partial charge in [0.1, 0.15) is 10.6 Å². The van der Waals surface area contributed by atoms with Crippen molar-refractivity contribution in [1.82, 2.24) is 19.4 Å². The van der Waals surface area contributed by atoms with Gasteiger partial charge in [0.2, 0.25) is 15.9 Å². The summed E-state index contributed by atoms with van der Waals surface area (Å²) in [6.07, 6.45) is 2.14. The van der Waals surface area contributed by atoms with Crippen LogP contribution in [0.25, 0.3) is 5.69 Å². The van der Waals surface area contributed by atoms with Crippen LogP contribution >= 0.6 is 0 Å². The Bertz CT molecular complexity index is 1530. The van der Waals surface area contributed by atoms with Gasteiger partial charge in [-0.15, -0.1) is 0 Å². The molecule has 4 rings (SSSR count). The maximum Gasteiger partial charge on any atom is 0.272 e. The molecule has 12 heteroatoms. The highest BCUT2D eigenvalue weighted by Gasteiger charge is 2.33. The number of ether oxygens (including phenoxy) is 1. The summed E-state index contributed by atoms with van der Waals surface area (Å²) in [4.78, 5) is 23.7. The van der Waals surface area contributed by atoms with Crippen LogP contribution in [0.15, 0.2) is 41.3 Å². The van der Waals surface area contributed by atoms with Crippen LogP contribution in [0.2, 0.25) is 0 Å². The van der Waals surface area contributed by atoms with Crippen LogP contribution in [0.1, 0.15) is 60.3 Å². The van der Waals surface area contributed by atoms with Gasteiger partial charge in [-0.05, 0) is 70.2 Å². The highest BCUT2D eigenvalue weighted by atomic mass is 32.2. The predicted molar refractivity (Wildman–Crippen MR) is 146 cm³/mol. The number of nitrogens with zero attached hydrogens (tertiary/aromatic N) is 4. The van der Waals surface area contributed by atoms with Crippen LogP contribution in [0, 0.1) is 30.9 Å². The first-order chi connectivity index (χ1) is 18.4. The van der Waals surface area contributed by atoms with Crippen LogP contribution in [-0.2, 0) is 10.0 Å². The van der Waals surface area contributed by atoms with E-state index in [1.54, 1.807) is 6.92 Å². The topological polar surface area (TPSA) is 137 Å². The van der Waals surface area contributed by atoms with Crippen molar-refractivity contribution >= 4 is 21.6 Å². The molecule has 1 fully saturated rings. The third-order valence-electron chi connectivity index (χ3n) is 6.89. The summed E-state index contributed by atoms with van der Waals surface area (Å²) in [6, 6.07) is 9.17. The molecule has 39 heavy (non-hydrogen) atoms. The van der Waals surface area contributed by atoms with Gasteiger partial charge in [-0.1, -0.05) is 19.1 Å². The summed E-state index contributed by atoms with van der Waals surface area (Å²) >= 11 is 0. The molecule has 1 N–H and O–H groups in total. The van der Waals surface area contributed by atoms with Crippen molar-refractivity contribution in [2.24, 2.45) is 0 Å². The van der Waals surface area contributed by atoms with Gasteiger partial charge in [-0.25, -0.2) is 8.42 Å². The van der Waals surface area contributed by atoms with Gasteiger partial charge in [0, 0.05) is 36.8 Å². The standard InChI is InChI=1S/C27H33N5O6S/c1-6-19(4)28-26(33)25-20(5)27(31(29-25)22-15-17(2)9-10-18(22)3)38-23-12-11-21(32(34)35)16-24(23)39(36,37)30-13-7-8-14-30/h9-12,15-16,19H,6-8,13-14H2,1-5H3,(H,28,33)/t19-/m1/s1. The Labute approximate surface area is 228 Å². The number of rotatable bonds is 9. The number of benzene rings is 2. The van der Waals surface area contributed by atoms with E-state index in [0.29, 0.717) is 37.2 Å². The molecule has 0 unspecified atom stereocenters. The second kappa shape index (κ2) is 11.1. The molecule has 0 saturated carbocycles. The number of aryl methyl sites for hydroxylation is 2. The van der Waals surface area contributed by atoms with Crippen LogP contribution in [0.3, 0.4) is 0 Å². The average molecular weight is 556 g/mol. The summed E-state index contributed by atoms with van der Waals surface area (Å²) in [5.41, 5.74) is 2.63. The zero-order valence-corrected chi connectivity index (χ0v) is 23.5. The first-order valence-electron chi connectivity index (χ1n) is 12.9. The molecule has 11 nitrogen and oxygen atoms in total. The number of nitro groups is 1. The van der Waals surface area contributed by atoms with E-state index in [0.717, 1.165) is 23.6 Å². The monoisotopic (exact) mass is 555 g/mol. The number of carbonyl (C=O) groups excluding carboxylic acids is 1. The van der Waals surface area contributed by atoms with Crippen molar-refractivity contribution in [3.05, 3.63) is 68.9 Å². The maximum absolute atomic E-state index is 13.6. The summed E-state index contributed by atoms with van der Waals surface area (Å²) in [5, 5.41) is 19.0. The fraction of sp³-hybridized carbons (Fsp3) is 0.407. The van der Waals surface area contributed by atoms with Gasteiger partial charge in [0.05, 0.1) is 10.6 Å². The molecule has 1 amide bonds. The van der Waals surface area contributed by atoms with E-state index in [1.165, 1.54) is 21.1 Å². The lowest BCUT2D eigenvalue weighted by Gasteiger charge is -2.19. The van der Waals surface area contributed by atoms with E-state index >= 15 is 0 Å². The van der Waals surface area contributed by atoms with Gasteiger partial charge in [-0.2, -0.15) is 14.1 Å². The number of hydrogen-bond acceptors (Lipinski definition) is 7. The van der Waals surface area contributed by atoms with Crippen molar-refractivity contribution in [3.63, 3.8) is 0 Å². The lowest BCUT2D eigenvalue weighted by Crippen LogP contribution is -2.32. The van der Waals surface area contributed by atoms with Crippen molar-refractivity contribution in [2.45, 2.75) is 64.8 Å². The molecule has 3 aromatic rings. The van der Waals surface area contributed by atoms with Crippen LogP contribution < -0.4 is 10.1 Å². The summed E-state index contributed by atoms with van der Waals surface area (Å²) in [7, 11) is -4.08. The zero-order chi connectivity index (χ0) is 28.5. The lowest BCUT2D eigenvalue weighted by atomic mass is 10.1. The number of hydrogen-bond donors (Lipinski definition) is 1. The van der Waals surface area contributed by atoms with E-state index in [2.05, 4.69) is 10.4 Å². The minimum absolute atomic E-state index is 0.0843. The number of aromatic nitrogens is 2. The molecule has 1 aliphatic heterocycles. The van der Waals surface area contributed by atoms with Crippen molar-refractivity contribution in [3.8, 4) is 17.3 Å². The second-order valence-electron chi connectivity index (χ2n) is 9.86. The normalized spacial score (nSPS) is 14.8. The largest absolute Gasteiger partial charge is 0.437 e. The van der Waals surface area contributed by atoms with Gasteiger partial charge >= 0.3 is 0 Å². The second-order valence-corrected chi connectivity index (χ2v) is 11.8. The highest BCUT2D eigenvalue weighted by Crippen LogP contribution is 2.38. The highest BCUT2D eigenvalue weighted by molar-refractivity contribution is 7.89. The fourth-order valence-corrected chi connectivity index (χ4v) is 6.04. The smallest absolute Gasteiger partial charge is 0.272 e. The molecule has 1 aromatic heterocycles. The third-order valence-corrected chi connectivity index (χ3v) is 8.81. The molecule has 0 radical (unpaired) electrons. The van der Waals surface area contributed by atoms with Crippen molar-refractivity contribution in [2.75, 3.05) is 13.1 Å². The molecular formula is C27H33N5O6S. The van der Waals surface area contributed by atoms with E-state index in [9.17, 15) is 23.3 Å². The van der Waals surface area contributed by atoms with Crippen molar-refractivity contribution in [1.29, 1.82) is 0 Å². The minimum atomic E-state index is -4.08. The predicted octanol–water partition coefficient (Wildman–Crippen LogP) is 4.81.